The van der Waals surface area contributed by atoms with E-state index in [0.717, 1.165) is 25.9 Å². The molecule has 0 spiro atoms. The van der Waals surface area contributed by atoms with Gasteiger partial charge in [-0.05, 0) is 25.1 Å². The van der Waals surface area contributed by atoms with Gasteiger partial charge >= 0.3 is 10.1 Å². The maximum atomic E-state index is 11.3. The molecule has 7 nitrogen and oxygen atoms in total. The van der Waals surface area contributed by atoms with Crippen molar-refractivity contribution in [3.05, 3.63) is 35.5 Å². The molecule has 0 atom stereocenters. The van der Waals surface area contributed by atoms with E-state index >= 15 is 0 Å². The zero-order chi connectivity index (χ0) is 16.8. The molecule has 0 radical (unpaired) electrons. The third kappa shape index (κ3) is 2.74. The van der Waals surface area contributed by atoms with Crippen molar-refractivity contribution in [3.63, 3.8) is 0 Å². The van der Waals surface area contributed by atoms with E-state index in [4.69, 9.17) is 10.0 Å². The van der Waals surface area contributed by atoms with Crippen LogP contribution in [0.25, 0.3) is 20.7 Å². The van der Waals surface area contributed by atoms with E-state index in [9.17, 15) is 13.7 Å². The second kappa shape index (κ2) is 5.26. The third-order valence-electron chi connectivity index (χ3n) is 3.21. The second-order valence-electron chi connectivity index (χ2n) is 4.92. The number of aromatic nitrogens is 2. The molecular weight excluding hydrogens is 336 g/mol. The minimum Gasteiger partial charge on any atom is -0.367 e. The highest BCUT2D eigenvalue weighted by molar-refractivity contribution is 7.86. The molecule has 0 aliphatic carbocycles. The van der Waals surface area contributed by atoms with Crippen molar-refractivity contribution in [2.24, 2.45) is 0 Å². The molecule has 2 N–H and O–H groups in total. The maximum absolute atomic E-state index is 11.3. The molecule has 2 aromatic heterocycles. The molecule has 9 heteroatoms. The van der Waals surface area contributed by atoms with Gasteiger partial charge in [-0.2, -0.15) is 13.7 Å². The molecule has 0 bridgehead atoms. The SMILES string of the molecule is Cc1c(-c2cc3c(C#N)cccc3s2)nc(N)n1OS(C)(=O)=O. The summed E-state index contributed by atoms with van der Waals surface area (Å²) in [5.74, 6) is -0.0547. The zero-order valence-electron chi connectivity index (χ0n) is 12.3. The lowest BCUT2D eigenvalue weighted by Gasteiger charge is -2.05. The summed E-state index contributed by atoms with van der Waals surface area (Å²) in [5, 5.41) is 10.00. The first-order valence-corrected chi connectivity index (χ1v) is 9.11. The topological polar surface area (TPSA) is 111 Å². The maximum Gasteiger partial charge on any atom is 0.324 e. The number of hydrogen-bond acceptors (Lipinski definition) is 7. The van der Waals surface area contributed by atoms with Crippen molar-refractivity contribution in [2.75, 3.05) is 12.0 Å². The number of fused-ring (bicyclic) bond motifs is 1. The first-order valence-electron chi connectivity index (χ1n) is 6.48. The number of thiophene rings is 1. The summed E-state index contributed by atoms with van der Waals surface area (Å²) >= 11 is 1.45. The van der Waals surface area contributed by atoms with E-state index in [1.165, 1.54) is 11.3 Å². The number of nitrogen functional groups attached to an aromatic ring is 1. The normalized spacial score (nSPS) is 11.5. The molecule has 118 valence electrons. The summed E-state index contributed by atoms with van der Waals surface area (Å²) in [5.41, 5.74) is 7.32. The zero-order valence-corrected chi connectivity index (χ0v) is 13.9. The van der Waals surface area contributed by atoms with E-state index < -0.39 is 10.1 Å². The molecule has 0 saturated carbocycles. The Labute approximate surface area is 136 Å². The lowest BCUT2D eigenvalue weighted by Crippen LogP contribution is -2.21. The number of anilines is 1. The molecule has 0 saturated heterocycles. The standard InChI is InChI=1S/C14H12N4O3S2/c1-8-13(17-14(16)18(8)21-23(2,19)20)12-6-10-9(7-15)4-3-5-11(10)22-12/h3-6H,1-2H3,(H2,16,17). The number of nitriles is 1. The van der Waals surface area contributed by atoms with Crippen LogP contribution in [-0.2, 0) is 10.1 Å². The number of nitrogens with zero attached hydrogens (tertiary/aromatic N) is 3. The molecule has 0 amide bonds. The summed E-state index contributed by atoms with van der Waals surface area (Å²) < 4.78 is 29.4. The highest BCUT2D eigenvalue weighted by Crippen LogP contribution is 2.36. The minimum atomic E-state index is -3.72. The van der Waals surface area contributed by atoms with Crippen LogP contribution < -0.4 is 10.0 Å². The molecule has 2 heterocycles. The lowest BCUT2D eigenvalue weighted by molar-refractivity contribution is 0.281. The molecule has 23 heavy (non-hydrogen) atoms. The third-order valence-corrected chi connectivity index (χ3v) is 4.73. The average Bonchev–Trinajstić information content (AvgIpc) is 3.01. The molecular formula is C14H12N4O3S2. The Morgan fingerprint density at radius 3 is 2.83 bits per heavy atom. The van der Waals surface area contributed by atoms with E-state index in [0.29, 0.717) is 17.0 Å². The van der Waals surface area contributed by atoms with Crippen LogP contribution in [0.5, 0.6) is 0 Å². The smallest absolute Gasteiger partial charge is 0.324 e. The molecule has 3 aromatic rings. The van der Waals surface area contributed by atoms with Gasteiger partial charge in [0.2, 0.25) is 5.95 Å². The summed E-state index contributed by atoms with van der Waals surface area (Å²) in [6.45, 7) is 1.67. The fourth-order valence-corrected chi connectivity index (χ4v) is 3.83. The van der Waals surface area contributed by atoms with Crippen molar-refractivity contribution in [3.8, 4) is 16.6 Å². The number of imidazole rings is 1. The van der Waals surface area contributed by atoms with Crippen molar-refractivity contribution >= 4 is 37.5 Å². The van der Waals surface area contributed by atoms with E-state index in [-0.39, 0.29) is 5.95 Å². The molecule has 0 fully saturated rings. The molecule has 3 rings (SSSR count). The molecule has 1 aromatic carbocycles. The highest BCUT2D eigenvalue weighted by Gasteiger charge is 2.19. The summed E-state index contributed by atoms with van der Waals surface area (Å²) in [6.07, 6.45) is 0.935. The monoisotopic (exact) mass is 348 g/mol. The number of nitrogens with two attached hydrogens (primary N) is 1. The van der Waals surface area contributed by atoms with E-state index in [1.807, 2.05) is 18.2 Å². The Morgan fingerprint density at radius 1 is 1.43 bits per heavy atom. The van der Waals surface area contributed by atoms with Gasteiger partial charge in [0, 0.05) is 10.1 Å². The number of hydrogen-bond donors (Lipinski definition) is 1. The van der Waals surface area contributed by atoms with E-state index in [2.05, 4.69) is 11.1 Å². The Balaban J connectivity index is 2.17. The van der Waals surface area contributed by atoms with Crippen molar-refractivity contribution in [1.29, 1.82) is 5.26 Å². The first-order chi connectivity index (χ1) is 10.8. The van der Waals surface area contributed by atoms with Crippen LogP contribution in [0.1, 0.15) is 11.3 Å². The van der Waals surface area contributed by atoms with E-state index in [1.54, 1.807) is 13.0 Å². The molecule has 0 aliphatic rings. The minimum absolute atomic E-state index is 0.0547. The second-order valence-corrected chi connectivity index (χ2v) is 7.56. The first kappa shape index (κ1) is 15.3. The lowest BCUT2D eigenvalue weighted by atomic mass is 10.1. The fourth-order valence-electron chi connectivity index (χ4n) is 2.25. The largest absolute Gasteiger partial charge is 0.367 e. The number of rotatable bonds is 3. The predicted molar refractivity (Wildman–Crippen MR) is 88.3 cm³/mol. The Bertz CT molecular complexity index is 1060. The Morgan fingerprint density at radius 2 is 2.17 bits per heavy atom. The summed E-state index contributed by atoms with van der Waals surface area (Å²) in [4.78, 5) is 4.97. The van der Waals surface area contributed by atoms with Gasteiger partial charge in [-0.25, -0.2) is 4.98 Å². The van der Waals surface area contributed by atoms with Crippen molar-refractivity contribution < 1.29 is 12.7 Å². The van der Waals surface area contributed by atoms with Gasteiger partial charge < -0.3 is 5.73 Å². The average molecular weight is 348 g/mol. The van der Waals surface area contributed by atoms with Crippen LogP contribution in [0.2, 0.25) is 0 Å². The van der Waals surface area contributed by atoms with Gasteiger partial charge in [-0.3, -0.25) is 4.28 Å². The van der Waals surface area contributed by atoms with Crippen LogP contribution in [-0.4, -0.2) is 24.4 Å². The van der Waals surface area contributed by atoms with Crippen molar-refractivity contribution in [2.45, 2.75) is 6.92 Å². The van der Waals surface area contributed by atoms with Crippen LogP contribution >= 0.6 is 11.3 Å². The fraction of sp³-hybridized carbons (Fsp3) is 0.143. The Hall–Kier alpha value is -2.57. The summed E-state index contributed by atoms with van der Waals surface area (Å²) in [6, 6.07) is 9.46. The van der Waals surface area contributed by atoms with Gasteiger partial charge in [0.25, 0.3) is 0 Å². The van der Waals surface area contributed by atoms with Gasteiger partial charge in [0.15, 0.2) is 0 Å². The number of benzene rings is 1. The van der Waals surface area contributed by atoms with Crippen LogP contribution in [0.3, 0.4) is 0 Å². The van der Waals surface area contributed by atoms with Gasteiger partial charge in [0.1, 0.15) is 5.69 Å². The molecule has 0 aliphatic heterocycles. The Kier molecular flexibility index (Phi) is 3.50. The molecule has 0 unspecified atom stereocenters. The van der Waals surface area contributed by atoms with Crippen LogP contribution in [0.4, 0.5) is 5.95 Å². The summed E-state index contributed by atoms with van der Waals surface area (Å²) in [7, 11) is -3.72. The van der Waals surface area contributed by atoms with Gasteiger partial charge in [-0.15, -0.1) is 16.1 Å². The van der Waals surface area contributed by atoms with Crippen LogP contribution in [0.15, 0.2) is 24.3 Å². The van der Waals surface area contributed by atoms with Gasteiger partial charge in [-0.1, -0.05) is 6.07 Å². The van der Waals surface area contributed by atoms with Crippen molar-refractivity contribution in [1.82, 2.24) is 9.71 Å². The predicted octanol–water partition coefficient (Wildman–Crippen LogP) is 1.92. The van der Waals surface area contributed by atoms with Gasteiger partial charge in [0.05, 0.1) is 28.5 Å². The highest BCUT2D eigenvalue weighted by atomic mass is 32.2. The van der Waals surface area contributed by atoms with Crippen LogP contribution in [0, 0.1) is 18.3 Å². The quantitative estimate of drug-likeness (QED) is 0.774.